The molecular weight excluding hydrogens is 308 g/mol. The molecule has 0 unspecified atom stereocenters. The van der Waals surface area contributed by atoms with Gasteiger partial charge in [0.05, 0.1) is 31.9 Å². The Balaban J connectivity index is 1.76. The Morgan fingerprint density at radius 1 is 1.29 bits per heavy atom. The molecule has 1 atom stereocenters. The van der Waals surface area contributed by atoms with Gasteiger partial charge < -0.3 is 20.2 Å². The van der Waals surface area contributed by atoms with Crippen molar-refractivity contribution in [1.29, 1.82) is 0 Å². The molecular formula is C17H27N4O3+. The quantitative estimate of drug-likeness (QED) is 0.596. The van der Waals surface area contributed by atoms with Crippen molar-refractivity contribution in [2.45, 2.75) is 26.3 Å². The second-order valence-electron chi connectivity index (χ2n) is 6.23. The largest absolute Gasteiger partial charge is 0.506 e. The van der Waals surface area contributed by atoms with E-state index >= 15 is 0 Å². The van der Waals surface area contributed by atoms with E-state index in [0.717, 1.165) is 43.2 Å². The minimum atomic E-state index is -0.429. The molecule has 1 aromatic rings. The van der Waals surface area contributed by atoms with Gasteiger partial charge >= 0.3 is 6.03 Å². The maximum atomic E-state index is 12.0. The summed E-state index contributed by atoms with van der Waals surface area (Å²) in [6, 6.07) is 6.89. The van der Waals surface area contributed by atoms with Gasteiger partial charge in [-0.05, 0) is 25.5 Å². The van der Waals surface area contributed by atoms with Gasteiger partial charge in [-0.15, -0.1) is 0 Å². The zero-order chi connectivity index (χ0) is 17.5. The molecule has 4 N–H and O–H groups in total. The lowest BCUT2D eigenvalue weighted by Gasteiger charge is -2.33. The first-order chi connectivity index (χ1) is 11.5. The number of hydrogen-bond donors (Lipinski definition) is 4. The van der Waals surface area contributed by atoms with Crippen molar-refractivity contribution in [3.05, 3.63) is 24.3 Å². The summed E-state index contributed by atoms with van der Waals surface area (Å²) < 4.78 is 0. The number of nitrogens with one attached hydrogen (secondary N) is 3. The summed E-state index contributed by atoms with van der Waals surface area (Å²) in [5, 5.41) is 15.0. The van der Waals surface area contributed by atoms with Crippen LogP contribution in [0.25, 0.3) is 0 Å². The molecule has 1 aliphatic heterocycles. The van der Waals surface area contributed by atoms with Gasteiger partial charge in [-0.2, -0.15) is 0 Å². The fourth-order valence-electron chi connectivity index (χ4n) is 2.73. The zero-order valence-corrected chi connectivity index (χ0v) is 14.3. The number of quaternary nitrogens is 1. The van der Waals surface area contributed by atoms with Gasteiger partial charge in [0, 0.05) is 6.04 Å². The minimum Gasteiger partial charge on any atom is -0.506 e. The first-order valence-electron chi connectivity index (χ1n) is 8.46. The molecule has 1 heterocycles. The number of aromatic hydroxyl groups is 1. The molecule has 0 spiro atoms. The van der Waals surface area contributed by atoms with Crippen molar-refractivity contribution in [2.75, 3.05) is 37.6 Å². The molecule has 132 valence electrons. The second kappa shape index (κ2) is 8.54. The predicted octanol–water partition coefficient (Wildman–Crippen LogP) is -0.279. The van der Waals surface area contributed by atoms with Gasteiger partial charge in [0.25, 0.3) is 5.91 Å². The number of anilines is 1. The van der Waals surface area contributed by atoms with Crippen LogP contribution in [0.2, 0.25) is 0 Å². The molecule has 7 heteroatoms. The van der Waals surface area contributed by atoms with Gasteiger partial charge in [-0.25, -0.2) is 4.79 Å². The molecule has 0 aliphatic carbocycles. The summed E-state index contributed by atoms with van der Waals surface area (Å²) in [6.07, 6.45) is 0.821. The summed E-state index contributed by atoms with van der Waals surface area (Å²) in [6.45, 7) is 7.25. The van der Waals surface area contributed by atoms with Crippen LogP contribution in [-0.4, -0.2) is 55.8 Å². The predicted molar refractivity (Wildman–Crippen MR) is 92.3 cm³/mol. The number of nitrogens with zero attached hydrogens (tertiary/aromatic N) is 1. The normalized spacial score (nSPS) is 16.5. The van der Waals surface area contributed by atoms with Crippen molar-refractivity contribution < 1.29 is 19.6 Å². The maximum Gasteiger partial charge on any atom is 0.321 e. The summed E-state index contributed by atoms with van der Waals surface area (Å²) in [5.74, 6) is 0.0159. The lowest BCUT2D eigenvalue weighted by molar-refractivity contribution is -0.892. The van der Waals surface area contributed by atoms with E-state index in [1.807, 2.05) is 26.0 Å². The van der Waals surface area contributed by atoms with E-state index in [1.165, 1.54) is 0 Å². The van der Waals surface area contributed by atoms with Crippen LogP contribution < -0.4 is 20.4 Å². The molecule has 0 radical (unpaired) electrons. The van der Waals surface area contributed by atoms with Crippen LogP contribution in [0.1, 0.15) is 20.3 Å². The number of benzene rings is 1. The number of imide groups is 1. The van der Waals surface area contributed by atoms with Crippen LogP contribution in [0.15, 0.2) is 24.3 Å². The highest BCUT2D eigenvalue weighted by atomic mass is 16.3. The van der Waals surface area contributed by atoms with Crippen LogP contribution in [0.5, 0.6) is 5.75 Å². The fourth-order valence-corrected chi connectivity index (χ4v) is 2.73. The highest BCUT2D eigenvalue weighted by molar-refractivity contribution is 5.94. The van der Waals surface area contributed by atoms with Crippen LogP contribution in [0.4, 0.5) is 10.5 Å². The number of amides is 3. The van der Waals surface area contributed by atoms with E-state index in [4.69, 9.17) is 0 Å². The van der Waals surface area contributed by atoms with E-state index in [2.05, 4.69) is 15.5 Å². The van der Waals surface area contributed by atoms with E-state index < -0.39 is 6.03 Å². The highest BCUT2D eigenvalue weighted by Gasteiger charge is 2.24. The average molecular weight is 335 g/mol. The standard InChI is InChI=1S/C17H26N4O3/c1-3-13(2)18-17(24)19-16(23)12-20-8-10-21(11-9-20)14-6-4-5-7-15(14)22/h4-7,13,22H,3,8-12H2,1-2H3,(H2,18,19,23,24)/p+1/t13-/m1/s1. The first kappa shape index (κ1) is 18.1. The third-order valence-electron chi connectivity index (χ3n) is 4.35. The van der Waals surface area contributed by atoms with Gasteiger partial charge in [0.15, 0.2) is 6.54 Å². The van der Waals surface area contributed by atoms with Crippen LogP contribution >= 0.6 is 0 Å². The molecule has 3 amide bonds. The minimum absolute atomic E-state index is 0.0484. The molecule has 7 nitrogen and oxygen atoms in total. The maximum absolute atomic E-state index is 12.0. The van der Waals surface area contributed by atoms with Gasteiger partial charge in [0.2, 0.25) is 0 Å². The van der Waals surface area contributed by atoms with E-state index in [0.29, 0.717) is 0 Å². The number of hydrogen-bond acceptors (Lipinski definition) is 4. The topological polar surface area (TPSA) is 86.1 Å². The highest BCUT2D eigenvalue weighted by Crippen LogP contribution is 2.25. The number of urea groups is 1. The first-order valence-corrected chi connectivity index (χ1v) is 8.46. The number of para-hydroxylation sites is 2. The van der Waals surface area contributed by atoms with Gasteiger partial charge in [-0.1, -0.05) is 19.1 Å². The summed E-state index contributed by atoms with van der Waals surface area (Å²) >= 11 is 0. The molecule has 0 bridgehead atoms. The van der Waals surface area contributed by atoms with E-state index in [1.54, 1.807) is 12.1 Å². The Hall–Kier alpha value is -2.28. The third-order valence-corrected chi connectivity index (χ3v) is 4.35. The monoisotopic (exact) mass is 335 g/mol. The summed E-state index contributed by atoms with van der Waals surface area (Å²) in [5.41, 5.74) is 0.828. The Bertz CT molecular complexity index is 571. The summed E-state index contributed by atoms with van der Waals surface area (Å²) in [4.78, 5) is 26.9. The third kappa shape index (κ3) is 5.13. The SMILES string of the molecule is CC[C@@H](C)NC(=O)NC(=O)C[NH+]1CCN(c2ccccc2O)CC1. The van der Waals surface area contributed by atoms with Crippen LogP contribution in [-0.2, 0) is 4.79 Å². The molecule has 1 aromatic carbocycles. The molecule has 2 rings (SSSR count). The van der Waals surface area contributed by atoms with Crippen molar-refractivity contribution in [3.8, 4) is 5.75 Å². The Morgan fingerprint density at radius 3 is 2.58 bits per heavy atom. The van der Waals surface area contributed by atoms with Crippen molar-refractivity contribution >= 4 is 17.6 Å². The molecule has 1 aliphatic rings. The van der Waals surface area contributed by atoms with Gasteiger partial charge in [0.1, 0.15) is 5.75 Å². The smallest absolute Gasteiger partial charge is 0.321 e. The fraction of sp³-hybridized carbons (Fsp3) is 0.529. The van der Waals surface area contributed by atoms with E-state index in [-0.39, 0.29) is 24.2 Å². The zero-order valence-electron chi connectivity index (χ0n) is 14.3. The molecule has 0 aromatic heterocycles. The Kier molecular flexibility index (Phi) is 6.43. The number of carbonyl (C=O) groups is 2. The lowest BCUT2D eigenvalue weighted by Crippen LogP contribution is -3.16. The second-order valence-corrected chi connectivity index (χ2v) is 6.23. The molecule has 24 heavy (non-hydrogen) atoms. The van der Waals surface area contributed by atoms with E-state index in [9.17, 15) is 14.7 Å². The van der Waals surface area contributed by atoms with Crippen LogP contribution in [0, 0.1) is 0 Å². The number of rotatable bonds is 5. The van der Waals surface area contributed by atoms with Crippen molar-refractivity contribution in [2.24, 2.45) is 0 Å². The lowest BCUT2D eigenvalue weighted by atomic mass is 10.2. The average Bonchev–Trinajstić information content (AvgIpc) is 2.55. The summed E-state index contributed by atoms with van der Waals surface area (Å²) in [7, 11) is 0. The van der Waals surface area contributed by atoms with Gasteiger partial charge in [-0.3, -0.25) is 10.1 Å². The molecule has 1 fully saturated rings. The number of carbonyl (C=O) groups excluding carboxylic acids is 2. The number of phenols is 1. The van der Waals surface area contributed by atoms with Crippen molar-refractivity contribution in [3.63, 3.8) is 0 Å². The van der Waals surface area contributed by atoms with Crippen LogP contribution in [0.3, 0.4) is 0 Å². The molecule has 0 saturated carbocycles. The molecule has 1 saturated heterocycles. The van der Waals surface area contributed by atoms with Crippen molar-refractivity contribution in [1.82, 2.24) is 10.6 Å². The number of piperazine rings is 1. The number of phenolic OH excluding ortho intramolecular Hbond substituents is 1. The Morgan fingerprint density at radius 2 is 1.96 bits per heavy atom. The Labute approximate surface area is 142 Å².